The Morgan fingerprint density at radius 3 is 2.83 bits per heavy atom. The average molecular weight is 405 g/mol. The van der Waals surface area contributed by atoms with Crippen LogP contribution in [0.25, 0.3) is 11.0 Å². The maximum absolute atomic E-state index is 12.4. The molecular weight excluding hydrogens is 382 g/mol. The van der Waals surface area contributed by atoms with Crippen LogP contribution in [-0.2, 0) is 17.6 Å². The number of aliphatic carboxylic acids is 1. The molecule has 0 saturated carbocycles. The largest absolute Gasteiger partial charge is 0.480 e. The number of carboxylic acids is 1. The molecule has 1 atom stereocenters. The molecule has 2 aromatic carbocycles. The molecule has 30 heavy (non-hydrogen) atoms. The minimum atomic E-state index is -1.16. The lowest BCUT2D eigenvalue weighted by molar-refractivity contribution is -0.139. The number of urea groups is 1. The Labute approximate surface area is 173 Å². The van der Waals surface area contributed by atoms with Crippen LogP contribution in [0.15, 0.2) is 42.5 Å². The zero-order chi connectivity index (χ0) is 21.5. The predicted molar refractivity (Wildman–Crippen MR) is 113 cm³/mol. The number of carboxylic acid groups (broad SMARTS) is 1. The number of benzene rings is 2. The number of hydrogen-bond acceptors (Lipinski definition) is 4. The van der Waals surface area contributed by atoms with Gasteiger partial charge in [0.15, 0.2) is 0 Å². The van der Waals surface area contributed by atoms with E-state index in [9.17, 15) is 14.7 Å². The number of rotatable bonds is 8. The maximum atomic E-state index is 12.4. The Morgan fingerprint density at radius 1 is 1.27 bits per heavy atom. The van der Waals surface area contributed by atoms with E-state index in [2.05, 4.69) is 27.5 Å². The number of aryl methyl sites for hydroxylation is 1. The highest BCUT2D eigenvalue weighted by Crippen LogP contribution is 2.18. The number of nitriles is 1. The molecule has 1 heterocycles. The summed E-state index contributed by atoms with van der Waals surface area (Å²) in [4.78, 5) is 31.7. The SMILES string of the molecule is CCCCc1nc2ccc(NC(=O)N[C@@H](Cc3cccc(C#N)c3)C(=O)O)cc2[nH]1. The van der Waals surface area contributed by atoms with Gasteiger partial charge in [-0.15, -0.1) is 0 Å². The molecule has 0 aliphatic rings. The van der Waals surface area contributed by atoms with Crippen LogP contribution in [0, 0.1) is 11.3 Å². The van der Waals surface area contributed by atoms with Crippen molar-refractivity contribution >= 4 is 28.7 Å². The first kappa shape index (κ1) is 20.9. The van der Waals surface area contributed by atoms with Crippen LogP contribution in [0.5, 0.6) is 0 Å². The minimum absolute atomic E-state index is 0.0681. The van der Waals surface area contributed by atoms with Gasteiger partial charge in [0.2, 0.25) is 0 Å². The number of nitrogens with one attached hydrogen (secondary N) is 3. The van der Waals surface area contributed by atoms with Crippen molar-refractivity contribution in [2.24, 2.45) is 0 Å². The van der Waals surface area contributed by atoms with Gasteiger partial charge in [0.25, 0.3) is 0 Å². The molecule has 1 aromatic heterocycles. The summed E-state index contributed by atoms with van der Waals surface area (Å²) < 4.78 is 0. The Morgan fingerprint density at radius 2 is 2.10 bits per heavy atom. The number of amides is 2. The smallest absolute Gasteiger partial charge is 0.326 e. The summed E-state index contributed by atoms with van der Waals surface area (Å²) in [6, 6.07) is 12.2. The summed E-state index contributed by atoms with van der Waals surface area (Å²) in [5.74, 6) is -0.254. The van der Waals surface area contributed by atoms with Crippen molar-refractivity contribution in [1.82, 2.24) is 15.3 Å². The van der Waals surface area contributed by atoms with Crippen LogP contribution < -0.4 is 10.6 Å². The fraction of sp³-hybridized carbons (Fsp3) is 0.273. The van der Waals surface area contributed by atoms with Gasteiger partial charge in [0.05, 0.1) is 22.7 Å². The van der Waals surface area contributed by atoms with E-state index in [4.69, 9.17) is 5.26 Å². The van der Waals surface area contributed by atoms with Crippen LogP contribution >= 0.6 is 0 Å². The van der Waals surface area contributed by atoms with Crippen molar-refractivity contribution in [2.45, 2.75) is 38.6 Å². The van der Waals surface area contributed by atoms with E-state index in [1.54, 1.807) is 42.5 Å². The fourth-order valence-corrected chi connectivity index (χ4v) is 3.13. The molecule has 0 unspecified atom stereocenters. The van der Waals surface area contributed by atoms with E-state index in [1.165, 1.54) is 0 Å². The van der Waals surface area contributed by atoms with E-state index < -0.39 is 18.0 Å². The molecule has 0 radical (unpaired) electrons. The zero-order valence-corrected chi connectivity index (χ0v) is 16.6. The van der Waals surface area contributed by atoms with Crippen LogP contribution in [0.2, 0.25) is 0 Å². The normalized spacial score (nSPS) is 11.6. The summed E-state index contributed by atoms with van der Waals surface area (Å²) in [5, 5.41) is 23.6. The minimum Gasteiger partial charge on any atom is -0.480 e. The molecule has 3 aromatic rings. The number of aromatic nitrogens is 2. The van der Waals surface area contributed by atoms with Gasteiger partial charge in [0, 0.05) is 18.5 Å². The molecule has 4 N–H and O–H groups in total. The zero-order valence-electron chi connectivity index (χ0n) is 16.6. The van der Waals surface area contributed by atoms with Crippen molar-refractivity contribution in [3.63, 3.8) is 0 Å². The van der Waals surface area contributed by atoms with Gasteiger partial charge in [-0.3, -0.25) is 0 Å². The molecule has 2 amide bonds. The number of hydrogen-bond donors (Lipinski definition) is 4. The molecule has 0 saturated heterocycles. The molecule has 154 valence electrons. The van der Waals surface area contributed by atoms with E-state index in [0.717, 1.165) is 36.1 Å². The Kier molecular flexibility index (Phi) is 6.65. The lowest BCUT2D eigenvalue weighted by atomic mass is 10.0. The lowest BCUT2D eigenvalue weighted by Crippen LogP contribution is -2.44. The Balaban J connectivity index is 1.66. The van der Waals surface area contributed by atoms with Gasteiger partial charge < -0.3 is 20.7 Å². The Bertz CT molecular complexity index is 1100. The molecule has 3 rings (SSSR count). The molecule has 0 fully saturated rings. The number of H-pyrrole nitrogens is 1. The second-order valence-electron chi connectivity index (χ2n) is 7.02. The monoisotopic (exact) mass is 405 g/mol. The molecule has 0 aliphatic carbocycles. The standard InChI is InChI=1S/C22H23N5O3/c1-2-3-7-20-25-17-9-8-16(12-18(17)26-20)24-22(30)27-19(21(28)29)11-14-5-4-6-15(10-14)13-23/h4-6,8-10,12,19H,2-3,7,11H2,1H3,(H,25,26)(H,28,29)(H2,24,27,30)/t19-/m0/s1. The number of carbonyl (C=O) groups excluding carboxylic acids is 1. The van der Waals surface area contributed by atoms with Crippen LogP contribution in [-0.4, -0.2) is 33.1 Å². The summed E-state index contributed by atoms with van der Waals surface area (Å²) in [7, 11) is 0. The molecule has 0 aliphatic heterocycles. The Hall–Kier alpha value is -3.86. The number of fused-ring (bicyclic) bond motifs is 1. The number of anilines is 1. The van der Waals surface area contributed by atoms with E-state index >= 15 is 0 Å². The van der Waals surface area contributed by atoms with Crippen LogP contribution in [0.3, 0.4) is 0 Å². The molecule has 8 heteroatoms. The van der Waals surface area contributed by atoms with Gasteiger partial charge in [-0.1, -0.05) is 25.5 Å². The summed E-state index contributed by atoms with van der Waals surface area (Å²) in [6.45, 7) is 2.12. The van der Waals surface area contributed by atoms with Crippen LogP contribution in [0.1, 0.15) is 36.7 Å². The average Bonchev–Trinajstić information content (AvgIpc) is 3.14. The first-order valence-corrected chi connectivity index (χ1v) is 9.76. The topological polar surface area (TPSA) is 131 Å². The van der Waals surface area contributed by atoms with Crippen molar-refractivity contribution in [2.75, 3.05) is 5.32 Å². The lowest BCUT2D eigenvalue weighted by Gasteiger charge is -2.15. The highest BCUT2D eigenvalue weighted by atomic mass is 16.4. The molecule has 8 nitrogen and oxygen atoms in total. The summed E-state index contributed by atoms with van der Waals surface area (Å²) in [6.07, 6.45) is 3.05. The van der Waals surface area contributed by atoms with Crippen molar-refractivity contribution in [1.29, 1.82) is 5.26 Å². The summed E-state index contributed by atoms with van der Waals surface area (Å²) in [5.41, 5.74) is 3.24. The molecular formula is C22H23N5O3. The van der Waals surface area contributed by atoms with Gasteiger partial charge in [0.1, 0.15) is 11.9 Å². The summed E-state index contributed by atoms with van der Waals surface area (Å²) >= 11 is 0. The second-order valence-corrected chi connectivity index (χ2v) is 7.02. The molecule has 0 spiro atoms. The highest BCUT2D eigenvalue weighted by Gasteiger charge is 2.21. The highest BCUT2D eigenvalue weighted by molar-refractivity contribution is 5.94. The quantitative estimate of drug-likeness (QED) is 0.455. The first-order valence-electron chi connectivity index (χ1n) is 9.76. The number of aromatic amines is 1. The van der Waals surface area contributed by atoms with Gasteiger partial charge in [-0.05, 0) is 42.3 Å². The third-order valence-corrected chi connectivity index (χ3v) is 4.66. The predicted octanol–water partition coefficient (Wildman–Crippen LogP) is 3.59. The van der Waals surface area contributed by atoms with Crippen molar-refractivity contribution < 1.29 is 14.7 Å². The van der Waals surface area contributed by atoms with Crippen LogP contribution in [0.4, 0.5) is 10.5 Å². The third kappa shape index (κ3) is 5.35. The second kappa shape index (κ2) is 9.56. The fourth-order valence-electron chi connectivity index (χ4n) is 3.13. The molecule has 0 bridgehead atoms. The number of nitrogens with zero attached hydrogens (tertiary/aromatic N) is 2. The van der Waals surface area contributed by atoms with E-state index in [0.29, 0.717) is 16.8 Å². The number of unbranched alkanes of at least 4 members (excludes halogenated alkanes) is 1. The first-order chi connectivity index (χ1) is 14.5. The van der Waals surface area contributed by atoms with E-state index in [-0.39, 0.29) is 6.42 Å². The van der Waals surface area contributed by atoms with Gasteiger partial charge >= 0.3 is 12.0 Å². The van der Waals surface area contributed by atoms with Gasteiger partial charge in [-0.25, -0.2) is 14.6 Å². The third-order valence-electron chi connectivity index (χ3n) is 4.66. The van der Waals surface area contributed by atoms with Crippen molar-refractivity contribution in [3.8, 4) is 6.07 Å². The van der Waals surface area contributed by atoms with Crippen molar-refractivity contribution in [3.05, 3.63) is 59.4 Å². The number of imidazole rings is 1. The van der Waals surface area contributed by atoms with E-state index in [1.807, 2.05) is 6.07 Å². The maximum Gasteiger partial charge on any atom is 0.326 e. The number of carbonyl (C=O) groups is 2. The van der Waals surface area contributed by atoms with Gasteiger partial charge in [-0.2, -0.15) is 5.26 Å².